The third-order valence-electron chi connectivity index (χ3n) is 3.17. The van der Waals surface area contributed by atoms with E-state index in [1.165, 1.54) is 17.3 Å². The fraction of sp³-hybridized carbons (Fsp3) is 0.429. The molecular formula is C14H20N4OS. The molecule has 108 valence electrons. The quantitative estimate of drug-likeness (QED) is 0.829. The van der Waals surface area contributed by atoms with E-state index in [-0.39, 0.29) is 17.8 Å². The Morgan fingerprint density at radius 3 is 2.75 bits per heavy atom. The Kier molecular flexibility index (Phi) is 4.67. The van der Waals surface area contributed by atoms with Crippen molar-refractivity contribution < 1.29 is 0 Å². The highest BCUT2D eigenvalue weighted by Crippen LogP contribution is 2.24. The molecule has 1 heterocycles. The molecule has 1 aromatic carbocycles. The summed E-state index contributed by atoms with van der Waals surface area (Å²) in [5.41, 5.74) is 8.37. The minimum absolute atomic E-state index is 0.0754. The Balaban J connectivity index is 2.10. The van der Waals surface area contributed by atoms with Crippen LogP contribution in [0.2, 0.25) is 0 Å². The van der Waals surface area contributed by atoms with Gasteiger partial charge in [-0.05, 0) is 31.9 Å². The molecule has 0 radical (unpaired) electrons. The van der Waals surface area contributed by atoms with Crippen molar-refractivity contribution in [1.29, 1.82) is 0 Å². The molecule has 1 unspecified atom stereocenters. The third kappa shape index (κ3) is 3.13. The van der Waals surface area contributed by atoms with E-state index in [1.807, 2.05) is 32.0 Å². The van der Waals surface area contributed by atoms with Gasteiger partial charge in [-0.2, -0.15) is 0 Å². The Morgan fingerprint density at radius 1 is 1.40 bits per heavy atom. The first kappa shape index (κ1) is 14.9. The van der Waals surface area contributed by atoms with E-state index < -0.39 is 0 Å². The number of hydrogen-bond donors (Lipinski definition) is 2. The number of hydrogen-bond acceptors (Lipinski definition) is 4. The van der Waals surface area contributed by atoms with E-state index in [0.29, 0.717) is 10.9 Å². The molecule has 3 N–H and O–H groups in total. The summed E-state index contributed by atoms with van der Waals surface area (Å²) in [5.74, 6) is 0.682. The molecule has 0 amide bonds. The second kappa shape index (κ2) is 6.28. The summed E-state index contributed by atoms with van der Waals surface area (Å²) in [7, 11) is 0. The SMILES string of the molecule is Cc1ccccc1C(N)CSc1n[nH]c(=O)n1C(C)C. The molecule has 0 saturated heterocycles. The highest BCUT2D eigenvalue weighted by Gasteiger charge is 2.15. The molecule has 0 aliphatic heterocycles. The Bertz CT molecular complexity index is 632. The van der Waals surface area contributed by atoms with Crippen LogP contribution in [0.5, 0.6) is 0 Å². The monoisotopic (exact) mass is 292 g/mol. The van der Waals surface area contributed by atoms with Gasteiger partial charge in [0.1, 0.15) is 0 Å². The van der Waals surface area contributed by atoms with Crippen molar-refractivity contribution in [1.82, 2.24) is 14.8 Å². The number of benzene rings is 1. The lowest BCUT2D eigenvalue weighted by Crippen LogP contribution is -2.20. The molecule has 2 aromatic rings. The molecule has 0 saturated carbocycles. The number of aromatic nitrogens is 3. The topological polar surface area (TPSA) is 76.7 Å². The summed E-state index contributed by atoms with van der Waals surface area (Å²) in [6, 6.07) is 8.10. The molecule has 0 fully saturated rings. The predicted molar refractivity (Wildman–Crippen MR) is 82.1 cm³/mol. The maximum Gasteiger partial charge on any atom is 0.344 e. The van der Waals surface area contributed by atoms with Crippen LogP contribution in [-0.4, -0.2) is 20.5 Å². The number of aryl methyl sites for hydroxylation is 1. The van der Waals surface area contributed by atoms with Crippen LogP contribution in [0.15, 0.2) is 34.2 Å². The first-order valence-corrected chi connectivity index (χ1v) is 7.60. The van der Waals surface area contributed by atoms with Gasteiger partial charge in [0, 0.05) is 17.8 Å². The van der Waals surface area contributed by atoms with Crippen molar-refractivity contribution in [2.24, 2.45) is 5.73 Å². The van der Waals surface area contributed by atoms with Gasteiger partial charge in [0.2, 0.25) is 0 Å². The zero-order chi connectivity index (χ0) is 14.7. The maximum atomic E-state index is 11.7. The summed E-state index contributed by atoms with van der Waals surface area (Å²) >= 11 is 1.50. The van der Waals surface area contributed by atoms with E-state index in [9.17, 15) is 4.79 Å². The number of nitrogens with zero attached hydrogens (tertiary/aromatic N) is 2. The fourth-order valence-electron chi connectivity index (χ4n) is 2.10. The van der Waals surface area contributed by atoms with Gasteiger partial charge in [0.05, 0.1) is 0 Å². The lowest BCUT2D eigenvalue weighted by molar-refractivity contribution is 0.533. The second-order valence-corrected chi connectivity index (χ2v) is 6.04. The van der Waals surface area contributed by atoms with Gasteiger partial charge >= 0.3 is 5.69 Å². The van der Waals surface area contributed by atoms with Crippen LogP contribution in [0.25, 0.3) is 0 Å². The summed E-state index contributed by atoms with van der Waals surface area (Å²) in [5, 5.41) is 7.24. The molecule has 0 aliphatic carbocycles. The molecule has 5 nitrogen and oxygen atoms in total. The van der Waals surface area contributed by atoms with Gasteiger partial charge in [-0.15, -0.1) is 5.10 Å². The molecule has 2 rings (SSSR count). The van der Waals surface area contributed by atoms with Gasteiger partial charge < -0.3 is 5.73 Å². The smallest absolute Gasteiger partial charge is 0.323 e. The zero-order valence-corrected chi connectivity index (χ0v) is 12.8. The summed E-state index contributed by atoms with van der Waals surface area (Å²) in [6.45, 7) is 5.98. The van der Waals surface area contributed by atoms with Crippen molar-refractivity contribution in [2.45, 2.75) is 38.0 Å². The first-order chi connectivity index (χ1) is 9.50. The molecule has 0 aliphatic rings. The largest absolute Gasteiger partial charge is 0.344 e. The van der Waals surface area contributed by atoms with E-state index in [0.717, 1.165) is 5.56 Å². The molecule has 0 spiro atoms. The van der Waals surface area contributed by atoms with Gasteiger partial charge in [-0.1, -0.05) is 36.0 Å². The van der Waals surface area contributed by atoms with Crippen molar-refractivity contribution in [2.75, 3.05) is 5.75 Å². The summed E-state index contributed by atoms with van der Waals surface area (Å²) in [6.07, 6.45) is 0. The minimum Gasteiger partial charge on any atom is -0.323 e. The number of nitrogens with two attached hydrogens (primary N) is 1. The van der Waals surface area contributed by atoms with Crippen molar-refractivity contribution >= 4 is 11.8 Å². The Labute approximate surface area is 122 Å². The first-order valence-electron chi connectivity index (χ1n) is 6.61. The number of thioether (sulfide) groups is 1. The maximum absolute atomic E-state index is 11.7. The van der Waals surface area contributed by atoms with Crippen LogP contribution in [0, 0.1) is 6.92 Å². The Morgan fingerprint density at radius 2 is 2.10 bits per heavy atom. The lowest BCUT2D eigenvalue weighted by Gasteiger charge is -2.14. The van der Waals surface area contributed by atoms with Gasteiger partial charge in [0.15, 0.2) is 5.16 Å². The Hall–Kier alpha value is -1.53. The predicted octanol–water partition coefficient (Wildman–Crippen LogP) is 2.25. The van der Waals surface area contributed by atoms with Crippen molar-refractivity contribution in [3.63, 3.8) is 0 Å². The molecule has 1 atom stereocenters. The van der Waals surface area contributed by atoms with Crippen LogP contribution in [-0.2, 0) is 0 Å². The molecule has 1 aromatic heterocycles. The second-order valence-electron chi connectivity index (χ2n) is 5.05. The van der Waals surface area contributed by atoms with Gasteiger partial charge in [-0.25, -0.2) is 9.89 Å². The van der Waals surface area contributed by atoms with Crippen molar-refractivity contribution in [3.05, 3.63) is 45.9 Å². The molecule has 0 bridgehead atoms. The van der Waals surface area contributed by atoms with E-state index >= 15 is 0 Å². The molecule has 6 heteroatoms. The fourth-order valence-corrected chi connectivity index (χ4v) is 3.16. The molecular weight excluding hydrogens is 272 g/mol. The van der Waals surface area contributed by atoms with Crippen molar-refractivity contribution in [3.8, 4) is 0 Å². The number of H-pyrrole nitrogens is 1. The van der Waals surface area contributed by atoms with Crippen LogP contribution < -0.4 is 11.4 Å². The summed E-state index contributed by atoms with van der Waals surface area (Å²) in [4.78, 5) is 11.7. The van der Waals surface area contributed by atoms with Crippen LogP contribution in [0.3, 0.4) is 0 Å². The average molecular weight is 292 g/mol. The normalized spacial score (nSPS) is 12.8. The minimum atomic E-state index is -0.174. The third-order valence-corrected chi connectivity index (χ3v) is 4.24. The molecule has 20 heavy (non-hydrogen) atoms. The van der Waals surface area contributed by atoms with Crippen LogP contribution >= 0.6 is 11.8 Å². The highest BCUT2D eigenvalue weighted by molar-refractivity contribution is 7.99. The van der Waals surface area contributed by atoms with Gasteiger partial charge in [0.25, 0.3) is 0 Å². The zero-order valence-electron chi connectivity index (χ0n) is 12.0. The van der Waals surface area contributed by atoms with Crippen LogP contribution in [0.1, 0.15) is 37.1 Å². The number of aromatic amines is 1. The van der Waals surface area contributed by atoms with Crippen LogP contribution in [0.4, 0.5) is 0 Å². The number of nitrogens with one attached hydrogen (secondary N) is 1. The van der Waals surface area contributed by atoms with E-state index in [2.05, 4.69) is 23.2 Å². The average Bonchev–Trinajstić information content (AvgIpc) is 2.78. The highest BCUT2D eigenvalue weighted by atomic mass is 32.2. The number of rotatable bonds is 5. The van der Waals surface area contributed by atoms with E-state index in [4.69, 9.17) is 5.73 Å². The lowest BCUT2D eigenvalue weighted by atomic mass is 10.0. The summed E-state index contributed by atoms with van der Waals surface area (Å²) < 4.78 is 1.65. The van der Waals surface area contributed by atoms with E-state index in [1.54, 1.807) is 4.57 Å². The standard InChI is InChI=1S/C14H20N4OS/c1-9(2)18-13(19)16-17-14(18)20-8-12(15)11-7-5-4-6-10(11)3/h4-7,9,12H,8,15H2,1-3H3,(H,16,19). The van der Waals surface area contributed by atoms with Gasteiger partial charge in [-0.3, -0.25) is 4.57 Å².